The van der Waals surface area contributed by atoms with Crippen LogP contribution < -0.4 is 11.3 Å². The number of benzene rings is 1. The summed E-state index contributed by atoms with van der Waals surface area (Å²) in [6.45, 7) is 11.1. The smallest absolute Gasteiger partial charge is 0.0795 e. The van der Waals surface area contributed by atoms with Gasteiger partial charge < -0.3 is 4.74 Å². The fraction of sp³-hybridized carbons (Fsp3) is 0.600. The summed E-state index contributed by atoms with van der Waals surface area (Å²) in [4.78, 5) is 0. The van der Waals surface area contributed by atoms with Crippen molar-refractivity contribution in [1.29, 1.82) is 0 Å². The summed E-state index contributed by atoms with van der Waals surface area (Å²) < 4.78 is 5.77. The Kier molecular flexibility index (Phi) is 5.32. The van der Waals surface area contributed by atoms with E-state index in [1.165, 1.54) is 16.7 Å². The van der Waals surface area contributed by atoms with Crippen LogP contribution in [0, 0.1) is 13.8 Å². The van der Waals surface area contributed by atoms with Crippen LogP contribution >= 0.6 is 0 Å². The van der Waals surface area contributed by atoms with Crippen molar-refractivity contribution < 1.29 is 4.74 Å². The van der Waals surface area contributed by atoms with E-state index in [4.69, 9.17) is 10.6 Å². The summed E-state index contributed by atoms with van der Waals surface area (Å²) in [5, 5.41) is 0. The van der Waals surface area contributed by atoms with E-state index in [2.05, 4.69) is 51.3 Å². The molecule has 0 radical (unpaired) electrons. The molecular formula is C15H26N2O. The molecule has 1 rings (SSSR count). The van der Waals surface area contributed by atoms with E-state index < -0.39 is 0 Å². The summed E-state index contributed by atoms with van der Waals surface area (Å²) in [6.07, 6.45) is 0.867. The molecule has 0 bridgehead atoms. The van der Waals surface area contributed by atoms with E-state index in [0.717, 1.165) is 6.42 Å². The highest BCUT2D eigenvalue weighted by molar-refractivity contribution is 5.29. The first-order valence-corrected chi connectivity index (χ1v) is 6.56. The normalized spacial score (nSPS) is 13.7. The van der Waals surface area contributed by atoms with Crippen molar-refractivity contribution in [3.63, 3.8) is 0 Å². The van der Waals surface area contributed by atoms with Gasteiger partial charge in [0, 0.05) is 6.61 Å². The zero-order valence-corrected chi connectivity index (χ0v) is 12.2. The summed E-state index contributed by atoms with van der Waals surface area (Å²) in [5.41, 5.74) is 6.48. The Labute approximate surface area is 111 Å². The third-order valence-electron chi connectivity index (χ3n) is 3.28. The van der Waals surface area contributed by atoms with E-state index in [0.29, 0.717) is 6.61 Å². The van der Waals surface area contributed by atoms with Crippen molar-refractivity contribution in [3.8, 4) is 0 Å². The van der Waals surface area contributed by atoms with Crippen LogP contribution in [0.1, 0.15) is 37.5 Å². The summed E-state index contributed by atoms with van der Waals surface area (Å²) in [7, 11) is 0. The van der Waals surface area contributed by atoms with E-state index in [-0.39, 0.29) is 11.6 Å². The first kappa shape index (κ1) is 15.2. The molecule has 0 saturated heterocycles. The molecule has 1 atom stereocenters. The molecule has 0 saturated carbocycles. The molecule has 102 valence electrons. The molecule has 1 aromatic carbocycles. The van der Waals surface area contributed by atoms with Gasteiger partial charge in [-0.05, 0) is 46.6 Å². The molecule has 3 N–H and O–H groups in total. The molecule has 0 aliphatic carbocycles. The van der Waals surface area contributed by atoms with Crippen LogP contribution in [-0.4, -0.2) is 18.2 Å². The Morgan fingerprint density at radius 3 is 2.22 bits per heavy atom. The van der Waals surface area contributed by atoms with Crippen LogP contribution in [0.4, 0.5) is 0 Å². The van der Waals surface area contributed by atoms with Gasteiger partial charge in [-0.15, -0.1) is 0 Å². The largest absolute Gasteiger partial charge is 0.374 e. The van der Waals surface area contributed by atoms with Crippen molar-refractivity contribution in [3.05, 3.63) is 34.9 Å². The molecule has 18 heavy (non-hydrogen) atoms. The van der Waals surface area contributed by atoms with Crippen LogP contribution in [0.15, 0.2) is 18.2 Å². The minimum Gasteiger partial charge on any atom is -0.374 e. The number of hydrogen-bond acceptors (Lipinski definition) is 3. The minimum absolute atomic E-state index is 0.0960. The third kappa shape index (κ3) is 4.09. The number of nitrogens with two attached hydrogens (primary N) is 1. The maximum Gasteiger partial charge on any atom is 0.0795 e. The molecule has 1 unspecified atom stereocenters. The average molecular weight is 250 g/mol. The minimum atomic E-state index is -0.277. The standard InChI is InChI=1S/C15H26N2O/c1-6-18-15(4,5)14(17-16)10-13-8-11(2)7-12(3)9-13/h7-9,14,17H,6,10,16H2,1-5H3. The molecule has 0 heterocycles. The lowest BCUT2D eigenvalue weighted by atomic mass is 9.91. The lowest BCUT2D eigenvalue weighted by Crippen LogP contribution is -2.52. The van der Waals surface area contributed by atoms with Crippen LogP contribution in [0.25, 0.3) is 0 Å². The highest BCUT2D eigenvalue weighted by Gasteiger charge is 2.29. The van der Waals surface area contributed by atoms with Gasteiger partial charge in [-0.3, -0.25) is 11.3 Å². The first-order valence-electron chi connectivity index (χ1n) is 6.56. The fourth-order valence-corrected chi connectivity index (χ4v) is 2.40. The van der Waals surface area contributed by atoms with Gasteiger partial charge >= 0.3 is 0 Å². The molecule has 3 heteroatoms. The molecule has 1 aromatic rings. The molecule has 0 spiro atoms. The lowest BCUT2D eigenvalue weighted by molar-refractivity contribution is -0.0381. The predicted molar refractivity (Wildman–Crippen MR) is 76.4 cm³/mol. The van der Waals surface area contributed by atoms with E-state index in [9.17, 15) is 0 Å². The highest BCUT2D eigenvalue weighted by Crippen LogP contribution is 2.19. The van der Waals surface area contributed by atoms with Crippen LogP contribution in [0.2, 0.25) is 0 Å². The van der Waals surface area contributed by atoms with E-state index in [1.54, 1.807) is 0 Å². The monoisotopic (exact) mass is 250 g/mol. The number of ether oxygens (including phenoxy) is 1. The molecule has 0 aromatic heterocycles. The van der Waals surface area contributed by atoms with Gasteiger partial charge in [0.05, 0.1) is 11.6 Å². The maximum absolute atomic E-state index is 5.77. The van der Waals surface area contributed by atoms with Crippen LogP contribution in [0.3, 0.4) is 0 Å². The van der Waals surface area contributed by atoms with E-state index in [1.807, 2.05) is 6.92 Å². The Morgan fingerprint density at radius 2 is 1.78 bits per heavy atom. The number of nitrogens with one attached hydrogen (secondary N) is 1. The molecule has 0 amide bonds. The fourth-order valence-electron chi connectivity index (χ4n) is 2.40. The second-order valence-corrected chi connectivity index (χ2v) is 5.46. The second-order valence-electron chi connectivity index (χ2n) is 5.46. The summed E-state index contributed by atoms with van der Waals surface area (Å²) >= 11 is 0. The van der Waals surface area contributed by atoms with Gasteiger partial charge in [-0.1, -0.05) is 29.3 Å². The van der Waals surface area contributed by atoms with Gasteiger partial charge in [0.2, 0.25) is 0 Å². The van der Waals surface area contributed by atoms with E-state index >= 15 is 0 Å². The highest BCUT2D eigenvalue weighted by atomic mass is 16.5. The number of hydrogen-bond donors (Lipinski definition) is 2. The number of aryl methyl sites for hydroxylation is 2. The van der Waals surface area contributed by atoms with Gasteiger partial charge in [0.1, 0.15) is 0 Å². The molecule has 0 fully saturated rings. The zero-order valence-electron chi connectivity index (χ0n) is 12.2. The molecular weight excluding hydrogens is 224 g/mol. The maximum atomic E-state index is 5.77. The van der Waals surface area contributed by atoms with Crippen molar-refractivity contribution in [1.82, 2.24) is 5.43 Å². The van der Waals surface area contributed by atoms with Crippen LogP contribution in [-0.2, 0) is 11.2 Å². The predicted octanol–water partition coefficient (Wildman–Crippen LogP) is 2.49. The van der Waals surface area contributed by atoms with Crippen LogP contribution in [0.5, 0.6) is 0 Å². The SMILES string of the molecule is CCOC(C)(C)C(Cc1cc(C)cc(C)c1)NN. The van der Waals surface area contributed by atoms with Gasteiger partial charge in [0.15, 0.2) is 0 Å². The lowest BCUT2D eigenvalue weighted by Gasteiger charge is -2.34. The Morgan fingerprint density at radius 1 is 1.22 bits per heavy atom. The van der Waals surface area contributed by atoms with Gasteiger partial charge in [0.25, 0.3) is 0 Å². The third-order valence-corrected chi connectivity index (χ3v) is 3.28. The number of hydrazine groups is 1. The van der Waals surface area contributed by atoms with Gasteiger partial charge in [-0.2, -0.15) is 0 Å². The Hall–Kier alpha value is -0.900. The summed E-state index contributed by atoms with van der Waals surface area (Å²) in [6, 6.07) is 6.69. The molecule has 3 nitrogen and oxygen atoms in total. The molecule has 0 aliphatic heterocycles. The van der Waals surface area contributed by atoms with Crippen molar-refractivity contribution in [2.45, 2.75) is 52.7 Å². The van der Waals surface area contributed by atoms with Crippen molar-refractivity contribution >= 4 is 0 Å². The molecule has 0 aliphatic rings. The quantitative estimate of drug-likeness (QED) is 0.602. The Balaban J connectivity index is 2.85. The topological polar surface area (TPSA) is 47.3 Å². The van der Waals surface area contributed by atoms with Crippen molar-refractivity contribution in [2.24, 2.45) is 5.84 Å². The number of rotatable bonds is 6. The zero-order chi connectivity index (χ0) is 13.8. The first-order chi connectivity index (χ1) is 8.39. The second kappa shape index (κ2) is 6.32. The summed E-state index contributed by atoms with van der Waals surface area (Å²) in [5.74, 6) is 5.68. The van der Waals surface area contributed by atoms with Crippen molar-refractivity contribution in [2.75, 3.05) is 6.61 Å². The Bertz CT molecular complexity index is 368. The average Bonchev–Trinajstić information content (AvgIpc) is 2.24. The van der Waals surface area contributed by atoms with Gasteiger partial charge in [-0.25, -0.2) is 0 Å².